The van der Waals surface area contributed by atoms with Gasteiger partial charge in [0, 0.05) is 32.6 Å². The number of fused-ring (bicyclic) bond motifs is 1. The normalized spacial score (nSPS) is 36.3. The molecule has 3 saturated heterocycles. The molecule has 0 aliphatic carbocycles. The van der Waals surface area contributed by atoms with Crippen molar-refractivity contribution in [2.45, 2.75) is 37.8 Å². The fourth-order valence-corrected chi connectivity index (χ4v) is 3.48. The quantitative estimate of drug-likeness (QED) is 0.675. The summed E-state index contributed by atoms with van der Waals surface area (Å²) >= 11 is 0. The fourth-order valence-electron chi connectivity index (χ4n) is 3.48. The molecule has 0 aromatic rings. The minimum Gasteiger partial charge on any atom is -0.378 e. The van der Waals surface area contributed by atoms with Gasteiger partial charge in [0.15, 0.2) is 0 Å². The van der Waals surface area contributed by atoms with Crippen molar-refractivity contribution in [2.75, 3.05) is 33.4 Å². The summed E-state index contributed by atoms with van der Waals surface area (Å²) < 4.78 is 5.28. The Kier molecular flexibility index (Phi) is 3.09. The van der Waals surface area contributed by atoms with Gasteiger partial charge < -0.3 is 9.64 Å². The van der Waals surface area contributed by atoms with Gasteiger partial charge in [-0.3, -0.25) is 9.69 Å². The molecule has 1 amide bonds. The van der Waals surface area contributed by atoms with Gasteiger partial charge in [0.25, 0.3) is 0 Å². The maximum Gasteiger partial charge on any atom is 0.222 e. The highest BCUT2D eigenvalue weighted by Crippen LogP contribution is 2.31. The van der Waals surface area contributed by atoms with Crippen molar-refractivity contribution in [1.82, 2.24) is 9.80 Å². The summed E-state index contributed by atoms with van der Waals surface area (Å²) in [6.45, 7) is 4.11. The van der Waals surface area contributed by atoms with E-state index in [2.05, 4.69) is 4.90 Å². The number of hydrogen-bond donors (Lipinski definition) is 0. The largest absolute Gasteiger partial charge is 0.378 e. The number of likely N-dealkylation sites (tertiary alicyclic amines) is 2. The molecular formula is C13H22N2O2. The molecule has 3 heterocycles. The Morgan fingerprint density at radius 1 is 1.29 bits per heavy atom. The first-order valence-corrected chi connectivity index (χ1v) is 6.83. The number of nitrogens with zero attached hydrogens (tertiary/aromatic N) is 2. The predicted octanol–water partition coefficient (Wildman–Crippen LogP) is 0.718. The van der Waals surface area contributed by atoms with Gasteiger partial charge in [-0.05, 0) is 25.2 Å². The zero-order chi connectivity index (χ0) is 11.8. The zero-order valence-electron chi connectivity index (χ0n) is 10.6. The lowest BCUT2D eigenvalue weighted by atomic mass is 9.87. The topological polar surface area (TPSA) is 32.8 Å². The Labute approximate surface area is 103 Å². The molecule has 3 aliphatic rings. The number of ether oxygens (including phenoxy) is 1. The second kappa shape index (κ2) is 4.58. The average molecular weight is 238 g/mol. The molecule has 4 heteroatoms. The molecule has 4 nitrogen and oxygen atoms in total. The molecule has 96 valence electrons. The Balaban J connectivity index is 1.67. The van der Waals surface area contributed by atoms with Crippen LogP contribution in [0.2, 0.25) is 0 Å². The first kappa shape index (κ1) is 11.5. The number of amides is 1. The SMILES string of the molecule is CN1C(=O)CCC[C@H]2CN(C3COC3)CC[C@H]21. The summed E-state index contributed by atoms with van der Waals surface area (Å²) in [6, 6.07) is 1.14. The standard InChI is InChI=1S/C13H22N2O2/c1-14-12-5-6-15(11-8-17-9-11)7-10(12)3-2-4-13(14)16/h10-12H,2-9H2,1H3/t10-,12+/m0/s1. The van der Waals surface area contributed by atoms with Gasteiger partial charge in [-0.1, -0.05) is 0 Å². The van der Waals surface area contributed by atoms with Gasteiger partial charge in [-0.25, -0.2) is 0 Å². The molecule has 3 fully saturated rings. The third-order valence-corrected chi connectivity index (χ3v) is 4.72. The van der Waals surface area contributed by atoms with Crippen LogP contribution in [-0.4, -0.2) is 61.1 Å². The summed E-state index contributed by atoms with van der Waals surface area (Å²) in [5.74, 6) is 1.03. The molecule has 0 saturated carbocycles. The highest BCUT2D eigenvalue weighted by Gasteiger charge is 2.38. The lowest BCUT2D eigenvalue weighted by Gasteiger charge is -2.46. The van der Waals surface area contributed by atoms with E-state index < -0.39 is 0 Å². The van der Waals surface area contributed by atoms with Crippen LogP contribution in [0.3, 0.4) is 0 Å². The minimum absolute atomic E-state index is 0.345. The zero-order valence-corrected chi connectivity index (χ0v) is 10.6. The molecule has 0 unspecified atom stereocenters. The number of carbonyl (C=O) groups is 1. The summed E-state index contributed by atoms with van der Waals surface area (Å²) in [5.41, 5.74) is 0. The smallest absolute Gasteiger partial charge is 0.222 e. The molecule has 2 atom stereocenters. The summed E-state index contributed by atoms with van der Waals surface area (Å²) in [4.78, 5) is 16.4. The molecule has 0 aromatic carbocycles. The van der Waals surface area contributed by atoms with Crippen molar-refractivity contribution >= 4 is 5.91 Å². The second-order valence-electron chi connectivity index (χ2n) is 5.70. The molecule has 17 heavy (non-hydrogen) atoms. The predicted molar refractivity (Wildman–Crippen MR) is 64.7 cm³/mol. The Bertz CT molecular complexity index is 304. The van der Waals surface area contributed by atoms with Crippen molar-refractivity contribution in [1.29, 1.82) is 0 Å². The summed E-state index contributed by atoms with van der Waals surface area (Å²) in [7, 11) is 1.99. The fraction of sp³-hybridized carbons (Fsp3) is 0.923. The van der Waals surface area contributed by atoms with E-state index in [0.717, 1.165) is 45.6 Å². The van der Waals surface area contributed by atoms with Crippen molar-refractivity contribution in [3.05, 3.63) is 0 Å². The van der Waals surface area contributed by atoms with E-state index in [1.165, 1.54) is 6.42 Å². The summed E-state index contributed by atoms with van der Waals surface area (Å²) in [5, 5.41) is 0. The van der Waals surface area contributed by atoms with Crippen LogP contribution in [0.1, 0.15) is 25.7 Å². The van der Waals surface area contributed by atoms with Crippen molar-refractivity contribution in [3.8, 4) is 0 Å². The van der Waals surface area contributed by atoms with Gasteiger partial charge in [0.05, 0.1) is 19.3 Å². The monoisotopic (exact) mass is 238 g/mol. The van der Waals surface area contributed by atoms with E-state index in [4.69, 9.17) is 4.74 Å². The van der Waals surface area contributed by atoms with Crippen molar-refractivity contribution in [3.63, 3.8) is 0 Å². The van der Waals surface area contributed by atoms with Crippen LogP contribution in [0.5, 0.6) is 0 Å². The van der Waals surface area contributed by atoms with Gasteiger partial charge in [0.1, 0.15) is 0 Å². The van der Waals surface area contributed by atoms with Gasteiger partial charge in [-0.2, -0.15) is 0 Å². The number of hydrogen-bond acceptors (Lipinski definition) is 3. The van der Waals surface area contributed by atoms with E-state index in [1.807, 2.05) is 11.9 Å². The molecule has 0 radical (unpaired) electrons. The van der Waals surface area contributed by atoms with Crippen LogP contribution in [0, 0.1) is 5.92 Å². The van der Waals surface area contributed by atoms with E-state index in [0.29, 0.717) is 23.9 Å². The average Bonchev–Trinajstić information content (AvgIpc) is 2.38. The molecule has 0 spiro atoms. The Morgan fingerprint density at radius 2 is 2.12 bits per heavy atom. The second-order valence-corrected chi connectivity index (χ2v) is 5.70. The molecule has 3 aliphatic heterocycles. The Hall–Kier alpha value is -0.610. The third-order valence-electron chi connectivity index (χ3n) is 4.72. The van der Waals surface area contributed by atoms with Gasteiger partial charge >= 0.3 is 0 Å². The van der Waals surface area contributed by atoms with Crippen molar-refractivity contribution in [2.24, 2.45) is 5.92 Å². The van der Waals surface area contributed by atoms with Crippen LogP contribution in [0.25, 0.3) is 0 Å². The third kappa shape index (κ3) is 2.08. The summed E-state index contributed by atoms with van der Waals surface area (Å²) in [6.07, 6.45) is 4.17. The van der Waals surface area contributed by atoms with Gasteiger partial charge in [0.2, 0.25) is 5.91 Å². The minimum atomic E-state index is 0.345. The molecule has 0 bridgehead atoms. The van der Waals surface area contributed by atoms with E-state index in [9.17, 15) is 4.79 Å². The van der Waals surface area contributed by atoms with Gasteiger partial charge in [-0.15, -0.1) is 0 Å². The van der Waals surface area contributed by atoms with Crippen LogP contribution in [0.4, 0.5) is 0 Å². The highest BCUT2D eigenvalue weighted by molar-refractivity contribution is 5.76. The first-order valence-electron chi connectivity index (χ1n) is 6.83. The van der Waals surface area contributed by atoms with Crippen LogP contribution in [0.15, 0.2) is 0 Å². The van der Waals surface area contributed by atoms with E-state index >= 15 is 0 Å². The Morgan fingerprint density at radius 3 is 2.82 bits per heavy atom. The number of rotatable bonds is 1. The maximum absolute atomic E-state index is 11.8. The van der Waals surface area contributed by atoms with Crippen LogP contribution >= 0.6 is 0 Å². The van der Waals surface area contributed by atoms with Crippen LogP contribution in [-0.2, 0) is 9.53 Å². The van der Waals surface area contributed by atoms with E-state index in [-0.39, 0.29) is 0 Å². The molecule has 3 rings (SSSR count). The lowest BCUT2D eigenvalue weighted by molar-refractivity contribution is -0.134. The van der Waals surface area contributed by atoms with Crippen molar-refractivity contribution < 1.29 is 9.53 Å². The van der Waals surface area contributed by atoms with E-state index in [1.54, 1.807) is 0 Å². The number of carbonyl (C=O) groups excluding carboxylic acids is 1. The molecule has 0 aromatic heterocycles. The molecule has 0 N–H and O–H groups in total. The maximum atomic E-state index is 11.8. The lowest BCUT2D eigenvalue weighted by Crippen LogP contribution is -2.57. The molecular weight excluding hydrogens is 216 g/mol. The van der Waals surface area contributed by atoms with Crippen LogP contribution < -0.4 is 0 Å². The number of piperidine rings is 1. The first-order chi connectivity index (χ1) is 8.25. The highest BCUT2D eigenvalue weighted by atomic mass is 16.5.